The van der Waals surface area contributed by atoms with E-state index in [0.717, 1.165) is 44.0 Å². The largest absolute Gasteiger partial charge is 0.309 e. The van der Waals surface area contributed by atoms with Crippen LogP contribution in [0, 0.1) is 11.3 Å². The van der Waals surface area contributed by atoms with Crippen molar-refractivity contribution < 1.29 is 0 Å². The van der Waals surface area contributed by atoms with Crippen LogP contribution in [0.1, 0.15) is 5.56 Å². The zero-order valence-corrected chi connectivity index (χ0v) is 23.2. The van der Waals surface area contributed by atoms with Gasteiger partial charge in [0.25, 0.3) is 0 Å². The van der Waals surface area contributed by atoms with Crippen molar-refractivity contribution in [1.82, 2.24) is 9.55 Å². The normalized spacial score (nSPS) is 11.8. The van der Waals surface area contributed by atoms with E-state index in [1.807, 2.05) is 17.4 Å². The van der Waals surface area contributed by atoms with Gasteiger partial charge in [0.1, 0.15) is 0 Å². The van der Waals surface area contributed by atoms with Gasteiger partial charge in [0.15, 0.2) is 0 Å². The minimum absolute atomic E-state index is 0.641. The highest BCUT2D eigenvalue weighted by Crippen LogP contribution is 2.45. The summed E-state index contributed by atoms with van der Waals surface area (Å²) < 4.78 is 4.84. The number of thiophene rings is 1. The molecule has 0 fully saturated rings. The van der Waals surface area contributed by atoms with E-state index >= 15 is 0 Å². The Hall–Kier alpha value is -5.50. The van der Waals surface area contributed by atoms with Crippen molar-refractivity contribution in [3.8, 4) is 22.9 Å². The predicted molar refractivity (Wildman–Crippen MR) is 177 cm³/mol. The van der Waals surface area contributed by atoms with Gasteiger partial charge in [-0.3, -0.25) is 4.98 Å². The third kappa shape index (κ3) is 3.17. The maximum atomic E-state index is 10.3. The Morgan fingerprint density at radius 1 is 0.619 bits per heavy atom. The molecule has 42 heavy (non-hydrogen) atoms. The van der Waals surface area contributed by atoms with Gasteiger partial charge in [0.05, 0.1) is 28.2 Å². The molecule has 0 saturated heterocycles. The van der Waals surface area contributed by atoms with E-state index in [0.29, 0.717) is 5.56 Å². The van der Waals surface area contributed by atoms with Crippen LogP contribution in [0.2, 0.25) is 0 Å². The van der Waals surface area contributed by atoms with Crippen molar-refractivity contribution >= 4 is 75.0 Å². The van der Waals surface area contributed by atoms with Crippen molar-refractivity contribution in [2.75, 3.05) is 0 Å². The summed E-state index contributed by atoms with van der Waals surface area (Å²) in [4.78, 5) is 4.92. The van der Waals surface area contributed by atoms with Crippen molar-refractivity contribution in [1.29, 1.82) is 5.26 Å². The van der Waals surface area contributed by atoms with E-state index < -0.39 is 0 Å². The summed E-state index contributed by atoms with van der Waals surface area (Å²) in [6.07, 6.45) is 1.77. The lowest BCUT2D eigenvalue weighted by molar-refractivity contribution is 1.18. The van der Waals surface area contributed by atoms with Crippen LogP contribution < -0.4 is 0 Å². The summed E-state index contributed by atoms with van der Waals surface area (Å²) in [5, 5.41) is 18.2. The molecule has 194 valence electrons. The minimum Gasteiger partial charge on any atom is -0.309 e. The number of pyridine rings is 1. The summed E-state index contributed by atoms with van der Waals surface area (Å²) in [7, 11) is 0. The molecule has 0 amide bonds. The molecule has 0 aliphatic carbocycles. The number of para-hydroxylation sites is 2. The molecule has 0 atom stereocenters. The maximum absolute atomic E-state index is 10.3. The van der Waals surface area contributed by atoms with E-state index in [-0.39, 0.29) is 0 Å². The Bertz CT molecular complexity index is 2580. The van der Waals surface area contributed by atoms with Crippen LogP contribution in [-0.2, 0) is 0 Å². The monoisotopic (exact) mass is 551 g/mol. The van der Waals surface area contributed by atoms with E-state index in [1.165, 1.54) is 36.5 Å². The second-order valence-electron chi connectivity index (χ2n) is 10.7. The van der Waals surface area contributed by atoms with E-state index in [9.17, 15) is 5.26 Å². The number of nitriles is 1. The second kappa shape index (κ2) is 8.75. The fraction of sp³-hybridized carbons (Fsp3) is 0. The molecule has 3 nitrogen and oxygen atoms in total. The van der Waals surface area contributed by atoms with Crippen LogP contribution in [0.15, 0.2) is 128 Å². The molecule has 0 N–H and O–H groups in total. The van der Waals surface area contributed by atoms with Crippen LogP contribution in [0.3, 0.4) is 0 Å². The van der Waals surface area contributed by atoms with Crippen molar-refractivity contribution in [3.05, 3.63) is 133 Å². The number of aromatic nitrogens is 2. The van der Waals surface area contributed by atoms with Gasteiger partial charge in [-0.1, -0.05) is 72.8 Å². The smallest absolute Gasteiger partial charge is 0.0999 e. The Morgan fingerprint density at radius 2 is 1.40 bits per heavy atom. The Balaban J connectivity index is 1.46. The fourth-order valence-corrected chi connectivity index (χ4v) is 7.87. The Kier molecular flexibility index (Phi) is 4.84. The molecular formula is C38H21N3S. The molecule has 0 saturated carbocycles. The van der Waals surface area contributed by atoms with Crippen molar-refractivity contribution in [2.45, 2.75) is 0 Å². The first-order chi connectivity index (χ1) is 20.8. The zero-order valence-electron chi connectivity index (χ0n) is 22.4. The Morgan fingerprint density at radius 3 is 2.29 bits per heavy atom. The third-order valence-electron chi connectivity index (χ3n) is 8.45. The van der Waals surface area contributed by atoms with E-state index in [4.69, 9.17) is 4.98 Å². The maximum Gasteiger partial charge on any atom is 0.0999 e. The van der Waals surface area contributed by atoms with Crippen LogP contribution in [0.4, 0.5) is 0 Å². The number of hydrogen-bond acceptors (Lipinski definition) is 3. The van der Waals surface area contributed by atoms with Gasteiger partial charge in [0, 0.05) is 59.2 Å². The number of fused-ring (bicyclic) bond motifs is 9. The third-order valence-corrected chi connectivity index (χ3v) is 9.67. The quantitative estimate of drug-likeness (QED) is 0.201. The van der Waals surface area contributed by atoms with Gasteiger partial charge in [-0.2, -0.15) is 5.26 Å². The van der Waals surface area contributed by atoms with Gasteiger partial charge < -0.3 is 4.57 Å². The van der Waals surface area contributed by atoms with Gasteiger partial charge >= 0.3 is 0 Å². The summed E-state index contributed by atoms with van der Waals surface area (Å²) in [6.45, 7) is 0. The first kappa shape index (κ1) is 23.2. The summed E-state index contributed by atoms with van der Waals surface area (Å²) in [5.74, 6) is 0. The number of hydrogen-bond donors (Lipinski definition) is 0. The van der Waals surface area contributed by atoms with Crippen LogP contribution in [0.25, 0.3) is 80.5 Å². The first-order valence-electron chi connectivity index (χ1n) is 13.9. The highest BCUT2D eigenvalue weighted by atomic mass is 32.1. The van der Waals surface area contributed by atoms with E-state index in [1.54, 1.807) is 6.20 Å². The molecule has 9 rings (SSSR count). The van der Waals surface area contributed by atoms with Gasteiger partial charge in [-0.15, -0.1) is 11.3 Å². The molecule has 0 radical (unpaired) electrons. The van der Waals surface area contributed by atoms with Crippen LogP contribution in [-0.4, -0.2) is 9.55 Å². The summed E-state index contributed by atoms with van der Waals surface area (Å²) >= 11 is 1.81. The highest BCUT2D eigenvalue weighted by molar-refractivity contribution is 7.26. The van der Waals surface area contributed by atoms with Gasteiger partial charge in [-0.25, -0.2) is 0 Å². The summed E-state index contributed by atoms with van der Waals surface area (Å²) in [6, 6.07) is 45.3. The lowest BCUT2D eigenvalue weighted by Gasteiger charge is -2.14. The zero-order chi connectivity index (χ0) is 27.8. The van der Waals surface area contributed by atoms with Crippen molar-refractivity contribution in [3.63, 3.8) is 0 Å². The highest BCUT2D eigenvalue weighted by Gasteiger charge is 2.19. The first-order valence-corrected chi connectivity index (χ1v) is 14.8. The van der Waals surface area contributed by atoms with Gasteiger partial charge in [0.2, 0.25) is 0 Å². The minimum atomic E-state index is 0.641. The lowest BCUT2D eigenvalue weighted by atomic mass is 9.92. The van der Waals surface area contributed by atoms with Crippen LogP contribution in [0.5, 0.6) is 0 Å². The average molecular weight is 552 g/mol. The molecular weight excluding hydrogens is 531 g/mol. The number of benzene rings is 6. The molecule has 0 spiro atoms. The topological polar surface area (TPSA) is 41.6 Å². The molecule has 0 bridgehead atoms. The molecule has 3 heterocycles. The SMILES string of the molecule is N#Cc1ccnc2c1c(-c1cccc3c1sc1ccccc13)cc1cc3c(cc12)c1ccccc1n3-c1ccccc1. The Labute approximate surface area is 245 Å². The molecule has 4 heteroatoms. The molecule has 3 aromatic heterocycles. The summed E-state index contributed by atoms with van der Waals surface area (Å²) in [5.41, 5.74) is 7.12. The lowest BCUT2D eigenvalue weighted by Crippen LogP contribution is -1.94. The van der Waals surface area contributed by atoms with Crippen molar-refractivity contribution in [2.24, 2.45) is 0 Å². The molecule has 0 unspecified atom stereocenters. The van der Waals surface area contributed by atoms with Gasteiger partial charge in [-0.05, 0) is 59.5 Å². The molecule has 6 aromatic carbocycles. The standard InChI is InChI=1S/C38H21N3S/c39-22-23-17-18-40-37-30-21-31-26-11-4-6-15-33(26)41(25-9-2-1-3-10-25)34(31)20-24(30)19-32(36(23)37)29-14-8-13-28-27-12-5-7-16-35(27)42-38(28)29/h1-21H. The molecule has 0 aliphatic heterocycles. The molecule has 0 aliphatic rings. The second-order valence-corrected chi connectivity index (χ2v) is 11.7. The number of rotatable bonds is 2. The predicted octanol–water partition coefficient (Wildman–Crippen LogP) is 10.4. The average Bonchev–Trinajstić information content (AvgIpc) is 3.59. The molecule has 9 aromatic rings. The van der Waals surface area contributed by atoms with E-state index in [2.05, 4.69) is 126 Å². The number of nitrogens with zero attached hydrogens (tertiary/aromatic N) is 3. The van der Waals surface area contributed by atoms with Crippen LogP contribution >= 0.6 is 11.3 Å². The fourth-order valence-electron chi connectivity index (χ4n) is 6.64.